The van der Waals surface area contributed by atoms with Gasteiger partial charge in [-0.15, -0.1) is 0 Å². The summed E-state index contributed by atoms with van der Waals surface area (Å²) in [6, 6.07) is 21.8. The maximum Gasteiger partial charge on any atom is 0.214 e. The molecular formula is C32H39NOS. The van der Waals surface area contributed by atoms with E-state index in [4.69, 9.17) is 10.1 Å². The molecule has 3 aromatic rings. The molecule has 0 aromatic heterocycles. The summed E-state index contributed by atoms with van der Waals surface area (Å²) in [5, 5.41) is 8.67. The van der Waals surface area contributed by atoms with Crippen LogP contribution in [0, 0.1) is 12.3 Å². The minimum Gasteiger partial charge on any atom is -0.478 e. The lowest BCUT2D eigenvalue weighted by atomic mass is 9.86. The predicted octanol–water partition coefficient (Wildman–Crippen LogP) is 9.27. The first-order valence-corrected chi connectivity index (χ1v) is 13.1. The van der Waals surface area contributed by atoms with Crippen molar-refractivity contribution in [3.05, 3.63) is 94.0 Å². The van der Waals surface area contributed by atoms with Crippen LogP contribution >= 0.6 is 11.8 Å². The van der Waals surface area contributed by atoms with Crippen LogP contribution in [0.25, 0.3) is 12.2 Å². The molecule has 1 N–H and O–H groups in total. The summed E-state index contributed by atoms with van der Waals surface area (Å²) in [4.78, 5) is 2.19. The molecule has 3 rings (SSSR count). The highest BCUT2D eigenvalue weighted by Gasteiger charge is 2.17. The average Bonchev–Trinajstić information content (AvgIpc) is 2.77. The van der Waals surface area contributed by atoms with Gasteiger partial charge in [0.1, 0.15) is 0 Å². The van der Waals surface area contributed by atoms with Gasteiger partial charge in [0.15, 0.2) is 0 Å². The van der Waals surface area contributed by atoms with Crippen LogP contribution in [0.3, 0.4) is 0 Å². The summed E-state index contributed by atoms with van der Waals surface area (Å²) < 4.78 is 5.69. The van der Waals surface area contributed by atoms with E-state index >= 15 is 0 Å². The summed E-state index contributed by atoms with van der Waals surface area (Å²) in [7, 11) is 0. The van der Waals surface area contributed by atoms with Crippen molar-refractivity contribution in [3.8, 4) is 0 Å². The van der Waals surface area contributed by atoms with Gasteiger partial charge in [0.25, 0.3) is 0 Å². The van der Waals surface area contributed by atoms with Crippen molar-refractivity contribution in [2.45, 2.75) is 76.0 Å². The lowest BCUT2D eigenvalue weighted by Crippen LogP contribution is -2.10. The molecule has 0 amide bonds. The summed E-state index contributed by atoms with van der Waals surface area (Å²) >= 11 is 1.69. The summed E-state index contributed by atoms with van der Waals surface area (Å²) in [6.45, 7) is 17.9. The molecule has 0 saturated carbocycles. The van der Waals surface area contributed by atoms with Crippen LogP contribution < -0.4 is 0 Å². The minimum absolute atomic E-state index is 0.123. The van der Waals surface area contributed by atoms with E-state index in [9.17, 15) is 0 Å². The Balaban J connectivity index is 1.99. The van der Waals surface area contributed by atoms with Crippen molar-refractivity contribution >= 4 is 29.8 Å². The van der Waals surface area contributed by atoms with E-state index in [1.165, 1.54) is 11.1 Å². The van der Waals surface area contributed by atoms with Crippen LogP contribution in [-0.4, -0.2) is 12.5 Å². The van der Waals surface area contributed by atoms with E-state index in [-0.39, 0.29) is 16.7 Å². The first-order valence-electron chi connectivity index (χ1n) is 12.3. The van der Waals surface area contributed by atoms with Gasteiger partial charge in [-0.25, -0.2) is 0 Å². The lowest BCUT2D eigenvalue weighted by molar-refractivity contribution is 0.325. The minimum atomic E-state index is 0.123. The van der Waals surface area contributed by atoms with Gasteiger partial charge in [-0.3, -0.25) is 5.41 Å². The van der Waals surface area contributed by atoms with E-state index in [0.717, 1.165) is 32.0 Å². The maximum absolute atomic E-state index is 8.67. The molecule has 35 heavy (non-hydrogen) atoms. The smallest absolute Gasteiger partial charge is 0.214 e. The highest BCUT2D eigenvalue weighted by molar-refractivity contribution is 7.99. The van der Waals surface area contributed by atoms with Crippen molar-refractivity contribution in [2.24, 2.45) is 0 Å². The highest BCUT2D eigenvalue weighted by atomic mass is 32.2. The highest BCUT2D eigenvalue weighted by Crippen LogP contribution is 2.35. The van der Waals surface area contributed by atoms with E-state index in [1.54, 1.807) is 11.8 Å². The molecule has 2 nitrogen and oxygen atoms in total. The van der Waals surface area contributed by atoms with Gasteiger partial charge in [0.05, 0.1) is 12.2 Å². The van der Waals surface area contributed by atoms with E-state index in [1.807, 2.05) is 6.92 Å². The van der Waals surface area contributed by atoms with Gasteiger partial charge in [0, 0.05) is 9.79 Å². The van der Waals surface area contributed by atoms with Crippen molar-refractivity contribution in [1.82, 2.24) is 0 Å². The van der Waals surface area contributed by atoms with Crippen molar-refractivity contribution in [2.75, 3.05) is 6.61 Å². The predicted molar refractivity (Wildman–Crippen MR) is 153 cm³/mol. The molecule has 0 spiro atoms. The van der Waals surface area contributed by atoms with Gasteiger partial charge in [-0.1, -0.05) is 108 Å². The van der Waals surface area contributed by atoms with Crippen molar-refractivity contribution in [1.29, 1.82) is 5.41 Å². The molecule has 0 aliphatic heterocycles. The van der Waals surface area contributed by atoms with Crippen LogP contribution in [0.5, 0.6) is 0 Å². The van der Waals surface area contributed by atoms with Gasteiger partial charge in [-0.2, -0.15) is 0 Å². The molecule has 0 saturated heterocycles. The molecular weight excluding hydrogens is 446 g/mol. The van der Waals surface area contributed by atoms with Crippen LogP contribution in [0.15, 0.2) is 70.5 Å². The van der Waals surface area contributed by atoms with Gasteiger partial charge in [0.2, 0.25) is 5.90 Å². The largest absolute Gasteiger partial charge is 0.478 e. The second-order valence-corrected chi connectivity index (χ2v) is 12.2. The van der Waals surface area contributed by atoms with Gasteiger partial charge >= 0.3 is 0 Å². The fourth-order valence-electron chi connectivity index (χ4n) is 3.88. The molecule has 3 heteroatoms. The summed E-state index contributed by atoms with van der Waals surface area (Å²) in [5.74, 6) is 0.212. The third-order valence-electron chi connectivity index (χ3n) is 5.97. The average molecular weight is 486 g/mol. The molecule has 0 radical (unpaired) electrons. The fraction of sp³-hybridized carbons (Fsp3) is 0.344. The molecule has 0 unspecified atom stereocenters. The molecule has 0 aliphatic rings. The van der Waals surface area contributed by atoms with Crippen molar-refractivity contribution in [3.63, 3.8) is 0 Å². The fourth-order valence-corrected chi connectivity index (χ4v) is 4.97. The van der Waals surface area contributed by atoms with Crippen molar-refractivity contribution < 1.29 is 4.74 Å². The zero-order valence-electron chi connectivity index (χ0n) is 22.5. The summed E-state index contributed by atoms with van der Waals surface area (Å²) in [5.41, 5.74) is 7.03. The number of rotatable bonds is 6. The Bertz CT molecular complexity index is 1190. The van der Waals surface area contributed by atoms with E-state index in [2.05, 4.69) is 121 Å². The third kappa shape index (κ3) is 7.11. The number of hydrogen-bond donors (Lipinski definition) is 1. The Kier molecular flexibility index (Phi) is 8.33. The Labute approximate surface area is 216 Å². The van der Waals surface area contributed by atoms with Crippen LogP contribution in [-0.2, 0) is 15.6 Å². The van der Waals surface area contributed by atoms with E-state index in [0.29, 0.717) is 6.61 Å². The number of hydrogen-bond acceptors (Lipinski definition) is 3. The molecule has 0 bridgehead atoms. The lowest BCUT2D eigenvalue weighted by Gasteiger charge is -2.19. The molecule has 0 heterocycles. The quantitative estimate of drug-likeness (QED) is 0.214. The van der Waals surface area contributed by atoms with Crippen LogP contribution in [0.2, 0.25) is 0 Å². The second kappa shape index (κ2) is 10.9. The molecule has 0 atom stereocenters. The standard InChI is InChI=1S/C32H39NOS/c1-9-34-30(33)29-24(13-10-23-11-14-25(15-12-23)31(3,4)5)20-22(2)21-28(29)35-27-18-16-26(17-19-27)32(6,7)8/h10-21,33H,9H2,1-8H3. The summed E-state index contributed by atoms with van der Waals surface area (Å²) in [6.07, 6.45) is 4.23. The number of ether oxygens (including phenoxy) is 1. The molecule has 184 valence electrons. The number of benzene rings is 3. The topological polar surface area (TPSA) is 33.1 Å². The Morgan fingerprint density at radius 3 is 1.89 bits per heavy atom. The maximum atomic E-state index is 8.67. The second-order valence-electron chi connectivity index (χ2n) is 11.1. The van der Waals surface area contributed by atoms with Gasteiger partial charge < -0.3 is 4.74 Å². The van der Waals surface area contributed by atoms with Crippen LogP contribution in [0.1, 0.15) is 81.8 Å². The molecule has 3 aromatic carbocycles. The van der Waals surface area contributed by atoms with Gasteiger partial charge in [-0.05, 0) is 70.7 Å². The Morgan fingerprint density at radius 2 is 1.37 bits per heavy atom. The Hall–Kier alpha value is -2.78. The Morgan fingerprint density at radius 1 is 0.829 bits per heavy atom. The number of aryl methyl sites for hydroxylation is 1. The zero-order chi connectivity index (χ0) is 25.8. The molecule has 0 fully saturated rings. The van der Waals surface area contributed by atoms with Crippen LogP contribution in [0.4, 0.5) is 0 Å². The SMILES string of the molecule is CCOC(=N)c1c(C=Cc2ccc(C(C)(C)C)cc2)cc(C)cc1Sc1ccc(C(C)(C)C)cc1. The first kappa shape index (κ1) is 26.8. The first-order chi connectivity index (χ1) is 16.4. The third-order valence-corrected chi connectivity index (χ3v) is 7.02. The molecule has 0 aliphatic carbocycles. The normalized spacial score (nSPS) is 12.2. The number of nitrogens with one attached hydrogen (secondary N) is 1. The van der Waals surface area contributed by atoms with E-state index < -0.39 is 0 Å². The zero-order valence-corrected chi connectivity index (χ0v) is 23.3. The monoisotopic (exact) mass is 485 g/mol.